The lowest BCUT2D eigenvalue weighted by Gasteiger charge is -2.07. The average molecular weight is 280 g/mol. The van der Waals surface area contributed by atoms with Crippen LogP contribution in [0.25, 0.3) is 10.6 Å². The molecule has 0 aliphatic heterocycles. The van der Waals surface area contributed by atoms with Gasteiger partial charge >= 0.3 is 0 Å². The third-order valence-electron chi connectivity index (χ3n) is 2.80. The molecular formula is C14H17FN2OS. The molecule has 0 saturated carbocycles. The normalized spacial score (nSPS) is 12.6. The lowest BCUT2D eigenvalue weighted by atomic mass is 10.2. The number of benzene rings is 1. The van der Waals surface area contributed by atoms with Crippen LogP contribution < -0.4 is 5.32 Å². The van der Waals surface area contributed by atoms with Crippen LogP contribution in [0.1, 0.15) is 19.0 Å². The van der Waals surface area contributed by atoms with Crippen LogP contribution in [-0.2, 0) is 6.54 Å². The molecule has 1 aromatic carbocycles. The summed E-state index contributed by atoms with van der Waals surface area (Å²) in [4.78, 5) is 4.48. The van der Waals surface area contributed by atoms with E-state index in [1.54, 1.807) is 12.1 Å². The second-order valence-electron chi connectivity index (χ2n) is 4.34. The van der Waals surface area contributed by atoms with Gasteiger partial charge in [0.1, 0.15) is 10.8 Å². The highest BCUT2D eigenvalue weighted by atomic mass is 32.1. The number of hydrogen-bond acceptors (Lipinski definition) is 4. The van der Waals surface area contributed by atoms with Gasteiger partial charge in [-0.2, -0.15) is 0 Å². The third-order valence-corrected chi connectivity index (χ3v) is 3.74. The summed E-state index contributed by atoms with van der Waals surface area (Å²) in [7, 11) is 0. The molecule has 0 spiro atoms. The van der Waals surface area contributed by atoms with Gasteiger partial charge in [-0.3, -0.25) is 0 Å². The zero-order chi connectivity index (χ0) is 13.7. The molecule has 0 amide bonds. The largest absolute Gasteiger partial charge is 0.392 e. The minimum absolute atomic E-state index is 0.240. The van der Waals surface area contributed by atoms with Crippen molar-refractivity contribution in [2.75, 3.05) is 6.54 Å². The van der Waals surface area contributed by atoms with Crippen LogP contribution in [-0.4, -0.2) is 22.7 Å². The Hall–Kier alpha value is -1.30. The van der Waals surface area contributed by atoms with E-state index in [1.807, 2.05) is 12.3 Å². The Balaban J connectivity index is 1.93. The average Bonchev–Trinajstić information content (AvgIpc) is 2.88. The predicted octanol–water partition coefficient (Wildman–Crippen LogP) is 2.81. The first kappa shape index (κ1) is 14.1. The van der Waals surface area contributed by atoms with Gasteiger partial charge < -0.3 is 10.4 Å². The quantitative estimate of drug-likeness (QED) is 0.855. The Morgan fingerprint density at radius 1 is 1.37 bits per heavy atom. The standard InChI is InChI=1S/C14H17FN2OS/c1-2-13(18)8-16-7-12-9-19-14(17-12)10-3-5-11(15)6-4-10/h3-6,9,13,16,18H,2,7-8H2,1H3. The number of aromatic nitrogens is 1. The molecule has 0 aliphatic carbocycles. The third kappa shape index (κ3) is 4.09. The molecule has 0 radical (unpaired) electrons. The van der Waals surface area contributed by atoms with E-state index in [9.17, 15) is 9.50 Å². The molecule has 102 valence electrons. The van der Waals surface area contributed by atoms with Gasteiger partial charge in [0.25, 0.3) is 0 Å². The van der Waals surface area contributed by atoms with E-state index in [4.69, 9.17) is 0 Å². The molecule has 2 N–H and O–H groups in total. The lowest BCUT2D eigenvalue weighted by molar-refractivity contribution is 0.167. The molecule has 2 rings (SSSR count). The van der Waals surface area contributed by atoms with Gasteiger partial charge in [-0.05, 0) is 30.7 Å². The van der Waals surface area contributed by atoms with Crippen LogP contribution in [0.5, 0.6) is 0 Å². The molecule has 0 aliphatic rings. The summed E-state index contributed by atoms with van der Waals surface area (Å²) in [6, 6.07) is 6.33. The highest BCUT2D eigenvalue weighted by Crippen LogP contribution is 2.23. The predicted molar refractivity (Wildman–Crippen MR) is 75.5 cm³/mol. The molecule has 2 aromatic rings. The Bertz CT molecular complexity index is 512. The first-order chi connectivity index (χ1) is 9.19. The van der Waals surface area contributed by atoms with Gasteiger partial charge in [-0.25, -0.2) is 9.37 Å². The number of nitrogens with zero attached hydrogens (tertiary/aromatic N) is 1. The summed E-state index contributed by atoms with van der Waals surface area (Å²) in [6.07, 6.45) is 0.431. The molecule has 1 atom stereocenters. The number of thiazole rings is 1. The van der Waals surface area contributed by atoms with E-state index in [-0.39, 0.29) is 11.9 Å². The molecule has 19 heavy (non-hydrogen) atoms. The Morgan fingerprint density at radius 2 is 2.11 bits per heavy atom. The topological polar surface area (TPSA) is 45.1 Å². The first-order valence-corrected chi connectivity index (χ1v) is 7.16. The van der Waals surface area contributed by atoms with E-state index in [0.717, 1.165) is 22.7 Å². The number of rotatable bonds is 6. The van der Waals surface area contributed by atoms with Crippen molar-refractivity contribution in [3.8, 4) is 10.6 Å². The molecule has 1 heterocycles. The summed E-state index contributed by atoms with van der Waals surface area (Å²) >= 11 is 1.54. The van der Waals surface area contributed by atoms with E-state index in [2.05, 4.69) is 10.3 Å². The van der Waals surface area contributed by atoms with Gasteiger partial charge in [0, 0.05) is 24.0 Å². The molecule has 0 saturated heterocycles. The van der Waals surface area contributed by atoms with Crippen molar-refractivity contribution in [2.45, 2.75) is 26.0 Å². The number of halogens is 1. The van der Waals surface area contributed by atoms with Crippen molar-refractivity contribution in [2.24, 2.45) is 0 Å². The number of aliphatic hydroxyl groups is 1. The Morgan fingerprint density at radius 3 is 2.79 bits per heavy atom. The second-order valence-corrected chi connectivity index (χ2v) is 5.20. The Kier molecular flexibility index (Phi) is 5.01. The lowest BCUT2D eigenvalue weighted by Crippen LogP contribution is -2.25. The summed E-state index contributed by atoms with van der Waals surface area (Å²) in [5.41, 5.74) is 1.86. The fourth-order valence-electron chi connectivity index (χ4n) is 1.62. The molecule has 0 bridgehead atoms. The van der Waals surface area contributed by atoms with Gasteiger partial charge in [-0.15, -0.1) is 11.3 Å². The van der Waals surface area contributed by atoms with Crippen LogP contribution in [0.3, 0.4) is 0 Å². The van der Waals surface area contributed by atoms with Crippen LogP contribution in [0, 0.1) is 5.82 Å². The van der Waals surface area contributed by atoms with Crippen molar-refractivity contribution >= 4 is 11.3 Å². The molecule has 1 aromatic heterocycles. The highest BCUT2D eigenvalue weighted by Gasteiger charge is 2.05. The van der Waals surface area contributed by atoms with Crippen molar-refractivity contribution in [3.63, 3.8) is 0 Å². The minimum atomic E-state index is -0.310. The monoisotopic (exact) mass is 280 g/mol. The summed E-state index contributed by atoms with van der Waals surface area (Å²) < 4.78 is 12.8. The zero-order valence-electron chi connectivity index (χ0n) is 10.8. The SMILES string of the molecule is CCC(O)CNCc1csc(-c2ccc(F)cc2)n1. The van der Waals surface area contributed by atoms with E-state index >= 15 is 0 Å². The maximum Gasteiger partial charge on any atom is 0.123 e. The Labute approximate surface area is 116 Å². The highest BCUT2D eigenvalue weighted by molar-refractivity contribution is 7.13. The molecule has 5 heteroatoms. The second kappa shape index (κ2) is 6.75. The number of aliphatic hydroxyl groups excluding tert-OH is 1. The molecular weight excluding hydrogens is 263 g/mol. The molecule has 0 fully saturated rings. The van der Waals surface area contributed by atoms with Crippen LogP contribution in [0.15, 0.2) is 29.6 Å². The van der Waals surface area contributed by atoms with Gasteiger partial charge in [0.2, 0.25) is 0 Å². The van der Waals surface area contributed by atoms with Crippen molar-refractivity contribution in [3.05, 3.63) is 41.2 Å². The zero-order valence-corrected chi connectivity index (χ0v) is 11.6. The number of nitrogens with one attached hydrogen (secondary N) is 1. The summed E-state index contributed by atoms with van der Waals surface area (Å²) in [5.74, 6) is -0.240. The molecule has 3 nitrogen and oxygen atoms in total. The van der Waals surface area contributed by atoms with Crippen molar-refractivity contribution < 1.29 is 9.50 Å². The minimum Gasteiger partial charge on any atom is -0.392 e. The summed E-state index contributed by atoms with van der Waals surface area (Å²) in [6.45, 7) is 3.15. The van der Waals surface area contributed by atoms with Crippen LogP contribution >= 0.6 is 11.3 Å². The van der Waals surface area contributed by atoms with Gasteiger partial charge in [0.05, 0.1) is 11.8 Å². The van der Waals surface area contributed by atoms with Crippen LogP contribution in [0.2, 0.25) is 0 Å². The maximum atomic E-state index is 12.8. The molecule has 1 unspecified atom stereocenters. The van der Waals surface area contributed by atoms with Gasteiger partial charge in [-0.1, -0.05) is 6.92 Å². The summed E-state index contributed by atoms with van der Waals surface area (Å²) in [5, 5.41) is 15.4. The van der Waals surface area contributed by atoms with E-state index in [0.29, 0.717) is 13.1 Å². The fraction of sp³-hybridized carbons (Fsp3) is 0.357. The first-order valence-electron chi connectivity index (χ1n) is 6.28. The van der Waals surface area contributed by atoms with E-state index in [1.165, 1.54) is 23.5 Å². The number of hydrogen-bond donors (Lipinski definition) is 2. The van der Waals surface area contributed by atoms with Crippen LogP contribution in [0.4, 0.5) is 4.39 Å². The van der Waals surface area contributed by atoms with Crippen molar-refractivity contribution in [1.29, 1.82) is 0 Å². The fourth-order valence-corrected chi connectivity index (χ4v) is 2.45. The van der Waals surface area contributed by atoms with Gasteiger partial charge in [0.15, 0.2) is 0 Å². The smallest absolute Gasteiger partial charge is 0.123 e. The van der Waals surface area contributed by atoms with E-state index < -0.39 is 0 Å². The maximum absolute atomic E-state index is 12.8. The van der Waals surface area contributed by atoms with Crippen molar-refractivity contribution in [1.82, 2.24) is 10.3 Å².